The van der Waals surface area contributed by atoms with Gasteiger partial charge in [-0.2, -0.15) is 0 Å². The minimum Gasteiger partial charge on any atom is -0.374 e. The Morgan fingerprint density at radius 1 is 1.16 bits per heavy atom. The number of hydrogen-bond acceptors (Lipinski definition) is 6. The molecule has 2 aliphatic heterocycles. The summed E-state index contributed by atoms with van der Waals surface area (Å²) in [6.45, 7) is 3.82. The van der Waals surface area contributed by atoms with E-state index in [0.29, 0.717) is 0 Å². The van der Waals surface area contributed by atoms with Gasteiger partial charge in [-0.25, -0.2) is 9.97 Å². The number of carbonyl (C=O) groups is 1. The Kier molecular flexibility index (Phi) is 5.36. The smallest absolute Gasteiger partial charge is 0.254 e. The van der Waals surface area contributed by atoms with Crippen molar-refractivity contribution in [2.75, 3.05) is 30.4 Å². The summed E-state index contributed by atoms with van der Waals surface area (Å²) in [5, 5.41) is 6.14. The maximum absolute atomic E-state index is 13.4. The maximum atomic E-state index is 13.4. The fraction of sp³-hybridized carbons (Fsp3) is 0.375. The minimum atomic E-state index is 0.00554. The van der Waals surface area contributed by atoms with Gasteiger partial charge in [0.2, 0.25) is 0 Å². The molecule has 1 amide bonds. The highest BCUT2D eigenvalue weighted by Crippen LogP contribution is 2.34. The summed E-state index contributed by atoms with van der Waals surface area (Å²) in [5.74, 6) is 0.872. The van der Waals surface area contributed by atoms with Crippen LogP contribution < -0.4 is 10.2 Å². The summed E-state index contributed by atoms with van der Waals surface area (Å²) < 4.78 is 0. The first-order valence-corrected chi connectivity index (χ1v) is 11.8. The van der Waals surface area contributed by atoms with Gasteiger partial charge in [0.15, 0.2) is 5.13 Å². The van der Waals surface area contributed by atoms with Crippen molar-refractivity contribution in [3.05, 3.63) is 64.3 Å². The molecule has 0 radical (unpaired) electrons. The molecule has 2 aliphatic rings. The van der Waals surface area contributed by atoms with Gasteiger partial charge in [0.05, 0.1) is 17.4 Å². The number of carbonyl (C=O) groups excluding carboxylic acids is 1. The number of pyridine rings is 1. The van der Waals surface area contributed by atoms with Crippen LogP contribution in [0.15, 0.2) is 41.8 Å². The molecule has 2 aromatic heterocycles. The number of anilines is 3. The van der Waals surface area contributed by atoms with Crippen molar-refractivity contribution < 1.29 is 4.79 Å². The van der Waals surface area contributed by atoms with Crippen LogP contribution in [0.5, 0.6) is 0 Å². The van der Waals surface area contributed by atoms with Crippen molar-refractivity contribution >= 4 is 33.9 Å². The van der Waals surface area contributed by atoms with E-state index in [2.05, 4.69) is 34.4 Å². The standard InChI is InChI=1S/C24H27N5OS/c1-16-15-31-24(25-16)27-22-9-3-7-19(26-22)21-8-5-13-29(21)23(30)18-10-11-20-17(14-18)6-4-12-28(20)2/h3,7,9-11,14-15,21H,4-6,8,12-13H2,1-2H3,(H,25,26,27). The molecule has 1 fully saturated rings. The summed E-state index contributed by atoms with van der Waals surface area (Å²) >= 11 is 1.57. The molecular formula is C24H27N5OS. The SMILES string of the molecule is Cc1csc(Nc2cccc(C3CCCN3C(=O)c3ccc4c(c3)CCCN4C)n2)n1. The Morgan fingerprint density at radius 3 is 2.90 bits per heavy atom. The number of rotatable bonds is 4. The molecule has 1 unspecified atom stereocenters. The third kappa shape index (κ3) is 4.02. The molecule has 6 nitrogen and oxygen atoms in total. The second-order valence-electron chi connectivity index (χ2n) is 8.39. The Bertz CT molecular complexity index is 1110. The zero-order chi connectivity index (χ0) is 21.4. The summed E-state index contributed by atoms with van der Waals surface area (Å²) in [6.07, 6.45) is 4.10. The molecular weight excluding hydrogens is 406 g/mol. The van der Waals surface area contributed by atoms with E-state index in [1.165, 1.54) is 11.3 Å². The molecule has 1 saturated heterocycles. The zero-order valence-corrected chi connectivity index (χ0v) is 18.8. The number of hydrogen-bond donors (Lipinski definition) is 1. The second-order valence-corrected chi connectivity index (χ2v) is 9.25. The van der Waals surface area contributed by atoms with Gasteiger partial charge in [-0.15, -0.1) is 11.3 Å². The Hall–Kier alpha value is -2.93. The van der Waals surface area contributed by atoms with Crippen LogP contribution in [0.1, 0.15) is 52.6 Å². The summed E-state index contributed by atoms with van der Waals surface area (Å²) in [7, 11) is 2.12. The predicted octanol–water partition coefficient (Wildman–Crippen LogP) is 4.95. The van der Waals surface area contributed by atoms with Crippen molar-refractivity contribution in [3.8, 4) is 0 Å². The average molecular weight is 434 g/mol. The first-order valence-electron chi connectivity index (χ1n) is 10.9. The number of fused-ring (bicyclic) bond motifs is 1. The summed E-state index contributed by atoms with van der Waals surface area (Å²) in [5.41, 5.74) is 5.24. The molecule has 3 aromatic rings. The molecule has 1 N–H and O–H groups in total. The second kappa shape index (κ2) is 8.30. The molecule has 160 valence electrons. The number of aromatic nitrogens is 2. The van der Waals surface area contributed by atoms with Crippen LogP contribution in [0.25, 0.3) is 0 Å². The lowest BCUT2D eigenvalue weighted by Gasteiger charge is -2.29. The quantitative estimate of drug-likeness (QED) is 0.631. The number of thiazole rings is 1. The largest absolute Gasteiger partial charge is 0.374 e. The molecule has 0 bridgehead atoms. The van der Waals surface area contributed by atoms with Crippen molar-refractivity contribution in [1.29, 1.82) is 0 Å². The summed E-state index contributed by atoms with van der Waals surface area (Å²) in [6, 6.07) is 12.2. The number of likely N-dealkylation sites (tertiary alicyclic amines) is 1. The van der Waals surface area contributed by atoms with Crippen LogP contribution in [0, 0.1) is 6.92 Å². The molecule has 4 heterocycles. The molecule has 7 heteroatoms. The molecule has 0 saturated carbocycles. The molecule has 1 aromatic carbocycles. The normalized spacial score (nSPS) is 18.2. The Morgan fingerprint density at radius 2 is 2.06 bits per heavy atom. The molecule has 31 heavy (non-hydrogen) atoms. The molecule has 5 rings (SSSR count). The fourth-order valence-corrected chi connectivity index (χ4v) is 5.32. The van der Waals surface area contributed by atoms with Gasteiger partial charge >= 0.3 is 0 Å². The van der Waals surface area contributed by atoms with Gasteiger partial charge < -0.3 is 15.1 Å². The zero-order valence-electron chi connectivity index (χ0n) is 18.0. The van der Waals surface area contributed by atoms with Crippen LogP contribution in [0.3, 0.4) is 0 Å². The Labute approximate surface area is 186 Å². The third-order valence-corrected chi connectivity index (χ3v) is 7.03. The third-order valence-electron chi connectivity index (χ3n) is 6.16. The number of amides is 1. The topological polar surface area (TPSA) is 61.4 Å². The van der Waals surface area contributed by atoms with E-state index in [1.54, 1.807) is 11.3 Å². The predicted molar refractivity (Wildman–Crippen MR) is 125 cm³/mol. The number of nitrogens with one attached hydrogen (secondary N) is 1. The molecule has 0 aliphatic carbocycles. The number of aryl methyl sites for hydroxylation is 2. The lowest BCUT2D eigenvalue weighted by atomic mass is 9.99. The highest BCUT2D eigenvalue weighted by atomic mass is 32.1. The monoisotopic (exact) mass is 433 g/mol. The first kappa shape index (κ1) is 20.0. The van der Waals surface area contributed by atoms with E-state index >= 15 is 0 Å². The number of benzene rings is 1. The van der Waals surface area contributed by atoms with Crippen LogP contribution >= 0.6 is 11.3 Å². The van der Waals surface area contributed by atoms with Crippen LogP contribution in [-0.4, -0.2) is 40.9 Å². The molecule has 0 spiro atoms. The van der Waals surface area contributed by atoms with Gasteiger partial charge in [0.25, 0.3) is 5.91 Å². The highest BCUT2D eigenvalue weighted by Gasteiger charge is 2.32. The maximum Gasteiger partial charge on any atom is 0.254 e. The van der Waals surface area contributed by atoms with Gasteiger partial charge in [0.1, 0.15) is 5.82 Å². The van der Waals surface area contributed by atoms with Crippen LogP contribution in [0.2, 0.25) is 0 Å². The van der Waals surface area contributed by atoms with E-state index in [0.717, 1.165) is 66.7 Å². The fourth-order valence-electron chi connectivity index (χ4n) is 4.63. The lowest BCUT2D eigenvalue weighted by Crippen LogP contribution is -2.31. The van der Waals surface area contributed by atoms with E-state index in [9.17, 15) is 4.79 Å². The van der Waals surface area contributed by atoms with E-state index < -0.39 is 0 Å². The highest BCUT2D eigenvalue weighted by molar-refractivity contribution is 7.13. The molecule has 1 atom stereocenters. The van der Waals surface area contributed by atoms with Gasteiger partial charge in [-0.1, -0.05) is 6.07 Å². The van der Waals surface area contributed by atoms with Gasteiger partial charge in [-0.05, 0) is 68.5 Å². The minimum absolute atomic E-state index is 0.00554. The Balaban J connectivity index is 1.37. The number of nitrogens with zero attached hydrogens (tertiary/aromatic N) is 4. The van der Waals surface area contributed by atoms with Crippen molar-refractivity contribution in [1.82, 2.24) is 14.9 Å². The van der Waals surface area contributed by atoms with Gasteiger partial charge in [0, 0.05) is 36.8 Å². The first-order chi connectivity index (χ1) is 15.1. The van der Waals surface area contributed by atoms with Crippen molar-refractivity contribution in [2.24, 2.45) is 0 Å². The van der Waals surface area contributed by atoms with E-state index in [4.69, 9.17) is 4.98 Å². The lowest BCUT2D eigenvalue weighted by molar-refractivity contribution is 0.0733. The van der Waals surface area contributed by atoms with E-state index in [1.807, 2.05) is 41.5 Å². The van der Waals surface area contributed by atoms with Gasteiger partial charge in [-0.3, -0.25) is 4.79 Å². The van der Waals surface area contributed by atoms with E-state index in [-0.39, 0.29) is 11.9 Å². The average Bonchev–Trinajstić information content (AvgIpc) is 3.42. The summed E-state index contributed by atoms with van der Waals surface area (Å²) in [4.78, 5) is 27.0. The van der Waals surface area contributed by atoms with Crippen molar-refractivity contribution in [2.45, 2.75) is 38.6 Å². The van der Waals surface area contributed by atoms with Crippen LogP contribution in [0.4, 0.5) is 16.6 Å². The van der Waals surface area contributed by atoms with Crippen molar-refractivity contribution in [3.63, 3.8) is 0 Å². The van der Waals surface area contributed by atoms with Crippen LogP contribution in [-0.2, 0) is 6.42 Å².